The average molecular weight is 221 g/mol. The zero-order valence-electron chi connectivity index (χ0n) is 10.3. The molecule has 1 aromatic carbocycles. The number of carboxylic acid groups (broad SMARTS) is 1. The van der Waals surface area contributed by atoms with Crippen molar-refractivity contribution in [3.63, 3.8) is 0 Å². The van der Waals surface area contributed by atoms with Crippen molar-refractivity contribution in [2.45, 2.75) is 32.9 Å². The molecule has 0 aliphatic heterocycles. The number of hydrogen-bond donors (Lipinski definition) is 1. The van der Waals surface area contributed by atoms with Crippen molar-refractivity contribution in [2.24, 2.45) is 0 Å². The van der Waals surface area contributed by atoms with Gasteiger partial charge in [-0.15, -0.1) is 0 Å². The molecule has 0 aromatic heterocycles. The molecule has 1 radical (unpaired) electrons. The molecule has 1 N–H and O–H groups in total. The molecule has 0 fully saturated rings. The van der Waals surface area contributed by atoms with Gasteiger partial charge in [0.1, 0.15) is 12.1 Å². The van der Waals surface area contributed by atoms with Crippen LogP contribution in [0.4, 0.5) is 4.79 Å². The molecule has 16 heavy (non-hydrogen) atoms. The lowest BCUT2D eigenvalue weighted by Crippen LogP contribution is -2.59. The van der Waals surface area contributed by atoms with Gasteiger partial charge in [-0.2, -0.15) is 4.79 Å². The van der Waals surface area contributed by atoms with Crippen molar-refractivity contribution in [3.8, 4) is 0 Å². The lowest BCUT2D eigenvalue weighted by atomic mass is 10.0. The van der Waals surface area contributed by atoms with Gasteiger partial charge in [-0.3, -0.25) is 0 Å². The maximum atomic E-state index is 11.4. The summed E-state index contributed by atoms with van der Waals surface area (Å²) < 4.78 is -0.0307. The summed E-state index contributed by atoms with van der Waals surface area (Å²) in [6.45, 7) is 6.30. The minimum absolute atomic E-state index is 0.0307. The zero-order valence-corrected chi connectivity index (χ0v) is 10.3. The van der Waals surface area contributed by atoms with E-state index in [1.807, 2.05) is 45.0 Å². The summed E-state index contributed by atoms with van der Waals surface area (Å²) in [7, 11) is 1.75. The number of quaternary nitrogens is 1. The highest BCUT2D eigenvalue weighted by molar-refractivity contribution is 5.57. The van der Waals surface area contributed by atoms with Crippen LogP contribution in [0.2, 0.25) is 0 Å². The first-order valence-electron chi connectivity index (χ1n) is 5.31. The molecule has 0 aliphatic carbocycles. The van der Waals surface area contributed by atoms with Crippen molar-refractivity contribution >= 4 is 6.09 Å². The first-order chi connectivity index (χ1) is 7.27. The van der Waals surface area contributed by atoms with Gasteiger partial charge < -0.3 is 5.11 Å². The normalized spacial score (nSPS) is 15.5. The molecule has 1 aromatic rings. The maximum Gasteiger partial charge on any atom is 0.514 e. The lowest BCUT2D eigenvalue weighted by Gasteiger charge is -2.40. The van der Waals surface area contributed by atoms with Crippen LogP contribution >= 0.6 is 0 Å². The van der Waals surface area contributed by atoms with Gasteiger partial charge in [0.25, 0.3) is 0 Å². The molecule has 0 saturated heterocycles. The minimum Gasteiger partial charge on any atom is -0.435 e. The highest BCUT2D eigenvalue weighted by atomic mass is 16.4. The Hall–Kier alpha value is -1.35. The number of rotatable bonds is 2. The van der Waals surface area contributed by atoms with Crippen molar-refractivity contribution in [1.29, 1.82) is 0 Å². The number of nitrogens with zero attached hydrogens (tertiary/aromatic N) is 1. The van der Waals surface area contributed by atoms with E-state index in [1.54, 1.807) is 7.05 Å². The van der Waals surface area contributed by atoms with E-state index in [1.165, 1.54) is 0 Å². The summed E-state index contributed by atoms with van der Waals surface area (Å²) in [6, 6.07) is 10.4. The van der Waals surface area contributed by atoms with Crippen LogP contribution in [0.15, 0.2) is 24.3 Å². The third kappa shape index (κ3) is 2.42. The van der Waals surface area contributed by atoms with Gasteiger partial charge in [0.2, 0.25) is 0 Å². The van der Waals surface area contributed by atoms with Gasteiger partial charge in [0, 0.05) is 5.56 Å². The minimum atomic E-state index is -0.805. The fourth-order valence-electron chi connectivity index (χ4n) is 1.48. The number of hydrogen-bond acceptors (Lipinski definition) is 1. The van der Waals surface area contributed by atoms with Gasteiger partial charge >= 0.3 is 6.09 Å². The summed E-state index contributed by atoms with van der Waals surface area (Å²) in [5.41, 5.74) is 0.671. The van der Waals surface area contributed by atoms with Crippen molar-refractivity contribution in [2.75, 3.05) is 7.05 Å². The molecule has 87 valence electrons. The summed E-state index contributed by atoms with van der Waals surface area (Å²) in [5, 5.41) is 9.39. The van der Waals surface area contributed by atoms with Crippen LogP contribution in [0.3, 0.4) is 0 Å². The molecule has 1 atom stereocenters. The molecule has 1 rings (SSSR count). The Morgan fingerprint density at radius 2 is 1.88 bits per heavy atom. The molecular weight excluding hydrogens is 202 g/mol. The predicted octanol–water partition coefficient (Wildman–Crippen LogP) is 2.91. The second kappa shape index (κ2) is 4.26. The molecule has 0 aliphatic rings. The molecule has 1 unspecified atom stereocenters. The largest absolute Gasteiger partial charge is 0.514 e. The van der Waals surface area contributed by atoms with E-state index in [2.05, 4.69) is 6.07 Å². The maximum absolute atomic E-state index is 11.4. The van der Waals surface area contributed by atoms with Crippen LogP contribution in [0.5, 0.6) is 0 Å². The van der Waals surface area contributed by atoms with E-state index in [0.717, 1.165) is 5.56 Å². The topological polar surface area (TPSA) is 37.3 Å². The Bertz CT molecular complexity index is 367. The first-order valence-corrected chi connectivity index (χ1v) is 5.31. The Morgan fingerprint density at radius 1 is 1.38 bits per heavy atom. The van der Waals surface area contributed by atoms with Crippen molar-refractivity contribution in [1.82, 2.24) is 0 Å². The van der Waals surface area contributed by atoms with Gasteiger partial charge in [-0.05, 0) is 26.8 Å². The van der Waals surface area contributed by atoms with E-state index in [9.17, 15) is 9.90 Å². The van der Waals surface area contributed by atoms with E-state index in [4.69, 9.17) is 0 Å². The van der Waals surface area contributed by atoms with E-state index >= 15 is 0 Å². The Labute approximate surface area is 96.9 Å². The molecule has 0 bridgehead atoms. The fraction of sp³-hybridized carbons (Fsp3) is 0.462. The highest BCUT2D eigenvalue weighted by Gasteiger charge is 2.43. The van der Waals surface area contributed by atoms with Crippen molar-refractivity contribution < 1.29 is 14.4 Å². The van der Waals surface area contributed by atoms with Crippen LogP contribution in [-0.2, 0) is 6.54 Å². The van der Waals surface area contributed by atoms with Crippen molar-refractivity contribution in [3.05, 3.63) is 35.9 Å². The smallest absolute Gasteiger partial charge is 0.435 e. The fourth-order valence-corrected chi connectivity index (χ4v) is 1.48. The molecule has 0 heterocycles. The van der Waals surface area contributed by atoms with Crippen LogP contribution in [-0.4, -0.2) is 28.3 Å². The summed E-state index contributed by atoms with van der Waals surface area (Å²) in [6.07, 6.45) is -0.805. The third-order valence-corrected chi connectivity index (χ3v) is 3.19. The quantitative estimate of drug-likeness (QED) is 0.780. The van der Waals surface area contributed by atoms with Gasteiger partial charge in [0.05, 0.1) is 7.05 Å². The molecule has 3 heteroatoms. The zero-order chi connectivity index (χ0) is 12.4. The lowest BCUT2D eigenvalue weighted by molar-refractivity contribution is -0.897. The van der Waals surface area contributed by atoms with Gasteiger partial charge in [-0.25, -0.2) is 4.48 Å². The number of benzene rings is 1. The van der Waals surface area contributed by atoms with Crippen LogP contribution in [0.25, 0.3) is 0 Å². The summed E-state index contributed by atoms with van der Waals surface area (Å²) in [4.78, 5) is 11.4. The second-order valence-electron chi connectivity index (χ2n) is 5.21. The van der Waals surface area contributed by atoms with Gasteiger partial charge in [-0.1, -0.05) is 24.3 Å². The van der Waals surface area contributed by atoms with E-state index < -0.39 is 6.09 Å². The Kier molecular flexibility index (Phi) is 3.38. The highest BCUT2D eigenvalue weighted by Crippen LogP contribution is 2.25. The molecular formula is C13H19NO2+. The molecule has 0 spiro atoms. The Morgan fingerprint density at radius 3 is 2.25 bits per heavy atom. The number of carbonyl (C=O) groups is 1. The molecule has 0 saturated carbocycles. The monoisotopic (exact) mass is 221 g/mol. The SMILES string of the molecule is CC(C)(C)[N+](C)(Cc1cc[c]cc1)C(=O)O. The van der Waals surface area contributed by atoms with Crippen LogP contribution in [0.1, 0.15) is 26.3 Å². The van der Waals surface area contributed by atoms with E-state index in [-0.39, 0.29) is 10.0 Å². The molecule has 3 nitrogen and oxygen atoms in total. The predicted molar refractivity (Wildman–Crippen MR) is 62.9 cm³/mol. The summed E-state index contributed by atoms with van der Waals surface area (Å²) >= 11 is 0. The van der Waals surface area contributed by atoms with E-state index in [0.29, 0.717) is 6.54 Å². The first kappa shape index (κ1) is 12.7. The number of amides is 1. The Balaban J connectivity index is 3.03. The molecule has 1 amide bonds. The van der Waals surface area contributed by atoms with Crippen LogP contribution < -0.4 is 0 Å². The third-order valence-electron chi connectivity index (χ3n) is 3.19. The summed E-state index contributed by atoms with van der Waals surface area (Å²) in [5.74, 6) is 0. The standard InChI is InChI=1S/C13H18NO2/c1-13(2,3)14(4,12(15)16)10-11-8-6-5-7-9-11/h6-9H,10H2,1-4H3/p+1. The van der Waals surface area contributed by atoms with Gasteiger partial charge in [0.15, 0.2) is 0 Å². The second-order valence-corrected chi connectivity index (χ2v) is 5.21. The van der Waals surface area contributed by atoms with Crippen LogP contribution in [0, 0.1) is 6.07 Å². The average Bonchev–Trinajstić information content (AvgIpc) is 2.17.